The third-order valence-electron chi connectivity index (χ3n) is 2.18. The van der Waals surface area contributed by atoms with Gasteiger partial charge in [-0.15, -0.1) is 0 Å². The molecule has 17 heavy (non-hydrogen) atoms. The summed E-state index contributed by atoms with van der Waals surface area (Å²) in [4.78, 5) is 0. The Kier molecular flexibility index (Phi) is 7.22. The van der Waals surface area contributed by atoms with Gasteiger partial charge in [0, 0.05) is 13.1 Å². The van der Waals surface area contributed by atoms with Gasteiger partial charge < -0.3 is 5.32 Å². The van der Waals surface area contributed by atoms with Gasteiger partial charge in [0.25, 0.3) is 0 Å². The standard InChI is InChI=1S/C9H22N2O4S2/c1-9(2)17(14,15)8-7-10-5-4-6-11-16(3,12)13/h9-11H,4-8H2,1-3H3. The van der Waals surface area contributed by atoms with Crippen molar-refractivity contribution in [3.8, 4) is 0 Å². The van der Waals surface area contributed by atoms with Crippen LogP contribution in [0.3, 0.4) is 0 Å². The van der Waals surface area contributed by atoms with Gasteiger partial charge in [-0.2, -0.15) is 0 Å². The quantitative estimate of drug-likeness (QED) is 0.549. The normalized spacial score (nSPS) is 13.2. The molecule has 0 radical (unpaired) electrons. The number of sulfonamides is 1. The van der Waals surface area contributed by atoms with Crippen LogP contribution in [0.15, 0.2) is 0 Å². The number of rotatable bonds is 9. The first-order valence-corrected chi connectivity index (χ1v) is 9.13. The molecule has 0 atom stereocenters. The van der Waals surface area contributed by atoms with Crippen LogP contribution in [0.5, 0.6) is 0 Å². The highest BCUT2D eigenvalue weighted by molar-refractivity contribution is 7.92. The van der Waals surface area contributed by atoms with E-state index < -0.39 is 19.9 Å². The number of sulfone groups is 1. The van der Waals surface area contributed by atoms with E-state index in [2.05, 4.69) is 10.0 Å². The molecule has 0 aliphatic heterocycles. The molecule has 8 heteroatoms. The summed E-state index contributed by atoms with van der Waals surface area (Å²) >= 11 is 0. The average molecular weight is 286 g/mol. The van der Waals surface area contributed by atoms with E-state index in [0.29, 0.717) is 26.1 Å². The summed E-state index contributed by atoms with van der Waals surface area (Å²) < 4.78 is 46.6. The third-order valence-corrected chi connectivity index (χ3v) is 5.11. The fourth-order valence-electron chi connectivity index (χ4n) is 1.05. The van der Waals surface area contributed by atoms with Crippen molar-refractivity contribution in [3.63, 3.8) is 0 Å². The highest BCUT2D eigenvalue weighted by Crippen LogP contribution is 1.98. The monoisotopic (exact) mass is 286 g/mol. The minimum absolute atomic E-state index is 0.115. The predicted molar refractivity (Wildman–Crippen MR) is 69.3 cm³/mol. The van der Waals surface area contributed by atoms with Gasteiger partial charge in [-0.1, -0.05) is 0 Å². The van der Waals surface area contributed by atoms with Crippen LogP contribution in [-0.2, 0) is 19.9 Å². The molecule has 0 aromatic rings. The second-order valence-corrected chi connectivity index (χ2v) is 8.70. The van der Waals surface area contributed by atoms with Gasteiger partial charge in [0.15, 0.2) is 9.84 Å². The van der Waals surface area contributed by atoms with Crippen molar-refractivity contribution in [2.24, 2.45) is 0 Å². The highest BCUT2D eigenvalue weighted by atomic mass is 32.2. The molecule has 0 aliphatic rings. The first kappa shape index (κ1) is 16.8. The van der Waals surface area contributed by atoms with E-state index >= 15 is 0 Å². The summed E-state index contributed by atoms with van der Waals surface area (Å²) in [5.41, 5.74) is 0. The average Bonchev–Trinajstić information content (AvgIpc) is 2.14. The van der Waals surface area contributed by atoms with E-state index in [1.165, 1.54) is 0 Å². The Bertz CT molecular complexity index is 401. The lowest BCUT2D eigenvalue weighted by Gasteiger charge is -2.08. The molecule has 0 amide bonds. The highest BCUT2D eigenvalue weighted by Gasteiger charge is 2.14. The van der Waals surface area contributed by atoms with Crippen LogP contribution in [0, 0.1) is 0 Å². The Morgan fingerprint density at radius 1 is 1.00 bits per heavy atom. The van der Waals surface area contributed by atoms with Crippen LogP contribution in [0.2, 0.25) is 0 Å². The van der Waals surface area contributed by atoms with Crippen molar-refractivity contribution in [2.75, 3.05) is 31.6 Å². The van der Waals surface area contributed by atoms with Gasteiger partial charge in [-0.05, 0) is 26.8 Å². The number of hydrogen-bond acceptors (Lipinski definition) is 5. The van der Waals surface area contributed by atoms with Crippen LogP contribution in [0.4, 0.5) is 0 Å². The molecule has 0 rings (SSSR count). The zero-order valence-corrected chi connectivity index (χ0v) is 12.2. The van der Waals surface area contributed by atoms with Gasteiger partial charge in [-0.3, -0.25) is 0 Å². The second-order valence-electron chi connectivity index (χ2n) is 4.19. The molecule has 6 nitrogen and oxygen atoms in total. The molecule has 0 fully saturated rings. The second kappa shape index (κ2) is 7.30. The van der Waals surface area contributed by atoms with Crippen LogP contribution >= 0.6 is 0 Å². The summed E-state index contributed by atoms with van der Waals surface area (Å²) in [5, 5.41) is 2.62. The van der Waals surface area contributed by atoms with Crippen molar-refractivity contribution in [1.29, 1.82) is 0 Å². The van der Waals surface area contributed by atoms with Crippen molar-refractivity contribution in [3.05, 3.63) is 0 Å². The van der Waals surface area contributed by atoms with E-state index in [1.807, 2.05) is 0 Å². The summed E-state index contributed by atoms with van der Waals surface area (Å²) in [6.45, 7) is 4.68. The molecule has 0 saturated heterocycles. The summed E-state index contributed by atoms with van der Waals surface area (Å²) in [6.07, 6.45) is 1.74. The Morgan fingerprint density at radius 2 is 1.59 bits per heavy atom. The number of nitrogens with one attached hydrogen (secondary N) is 2. The molecule has 0 unspecified atom stereocenters. The van der Waals surface area contributed by atoms with Crippen molar-refractivity contribution >= 4 is 19.9 Å². The number of hydrogen-bond donors (Lipinski definition) is 2. The van der Waals surface area contributed by atoms with Crippen molar-refractivity contribution in [1.82, 2.24) is 10.0 Å². The zero-order valence-electron chi connectivity index (χ0n) is 10.6. The maximum Gasteiger partial charge on any atom is 0.208 e. The summed E-state index contributed by atoms with van der Waals surface area (Å²) in [7, 11) is -6.11. The molecule has 0 aromatic heterocycles. The lowest BCUT2D eigenvalue weighted by molar-refractivity contribution is 0.576. The first-order valence-electron chi connectivity index (χ1n) is 5.52. The molecule has 0 spiro atoms. The molecule has 0 aromatic carbocycles. The molecular weight excluding hydrogens is 264 g/mol. The SMILES string of the molecule is CC(C)S(=O)(=O)CCNCCCNS(C)(=O)=O. The van der Waals surface area contributed by atoms with Crippen LogP contribution in [0.1, 0.15) is 20.3 Å². The van der Waals surface area contributed by atoms with Crippen molar-refractivity contribution < 1.29 is 16.8 Å². The molecule has 0 aliphatic carbocycles. The molecule has 0 bridgehead atoms. The van der Waals surface area contributed by atoms with E-state index in [0.717, 1.165) is 6.26 Å². The zero-order chi connectivity index (χ0) is 13.5. The Balaban J connectivity index is 3.55. The van der Waals surface area contributed by atoms with Gasteiger partial charge >= 0.3 is 0 Å². The van der Waals surface area contributed by atoms with E-state index in [9.17, 15) is 16.8 Å². The molecule has 0 saturated carbocycles. The molecular formula is C9H22N2O4S2. The van der Waals surface area contributed by atoms with E-state index in [-0.39, 0.29) is 11.0 Å². The fourth-order valence-corrected chi connectivity index (χ4v) is 2.46. The molecule has 0 heterocycles. The minimum atomic E-state index is -3.13. The molecule has 2 N–H and O–H groups in total. The minimum Gasteiger partial charge on any atom is -0.316 e. The van der Waals surface area contributed by atoms with Gasteiger partial charge in [0.2, 0.25) is 10.0 Å². The molecule has 104 valence electrons. The first-order chi connectivity index (χ1) is 7.65. The lowest BCUT2D eigenvalue weighted by atomic mass is 10.4. The summed E-state index contributed by atoms with van der Waals surface area (Å²) in [6, 6.07) is 0. The topological polar surface area (TPSA) is 92.3 Å². The van der Waals surface area contributed by atoms with E-state index in [4.69, 9.17) is 0 Å². The van der Waals surface area contributed by atoms with Crippen LogP contribution in [0.25, 0.3) is 0 Å². The van der Waals surface area contributed by atoms with E-state index in [1.54, 1.807) is 13.8 Å². The van der Waals surface area contributed by atoms with Gasteiger partial charge in [-0.25, -0.2) is 21.6 Å². The van der Waals surface area contributed by atoms with Gasteiger partial charge in [0.05, 0.1) is 17.3 Å². The fraction of sp³-hybridized carbons (Fsp3) is 1.00. The van der Waals surface area contributed by atoms with Crippen LogP contribution < -0.4 is 10.0 Å². The third kappa shape index (κ3) is 9.51. The Morgan fingerprint density at radius 3 is 2.06 bits per heavy atom. The predicted octanol–water partition coefficient (Wildman–Crippen LogP) is -0.661. The van der Waals surface area contributed by atoms with Crippen LogP contribution in [-0.4, -0.2) is 53.7 Å². The smallest absolute Gasteiger partial charge is 0.208 e. The largest absolute Gasteiger partial charge is 0.316 e. The Hall–Kier alpha value is -0.180. The maximum absolute atomic E-state index is 11.4. The maximum atomic E-state index is 11.4. The summed E-state index contributed by atoms with van der Waals surface area (Å²) in [5.74, 6) is 0.115. The Labute approximate surface area is 104 Å². The van der Waals surface area contributed by atoms with Gasteiger partial charge in [0.1, 0.15) is 0 Å². The van der Waals surface area contributed by atoms with Crippen molar-refractivity contribution in [2.45, 2.75) is 25.5 Å². The lowest BCUT2D eigenvalue weighted by Crippen LogP contribution is -2.30.